The molecule has 0 spiro atoms. The first-order chi connectivity index (χ1) is 22.7. The van der Waals surface area contributed by atoms with Crippen LogP contribution < -0.4 is 0 Å². The van der Waals surface area contributed by atoms with Crippen LogP contribution >= 0.6 is 0 Å². The Hall–Kier alpha value is -5.79. The lowest BCUT2D eigenvalue weighted by Crippen LogP contribution is -2.26. The molecule has 0 aliphatic heterocycles. The van der Waals surface area contributed by atoms with E-state index in [0.717, 1.165) is 11.2 Å². The number of pyridine rings is 1. The van der Waals surface area contributed by atoms with E-state index in [0.29, 0.717) is 0 Å². The molecule has 1 heterocycles. The zero-order chi connectivity index (χ0) is 30.1. The third-order valence-electron chi connectivity index (χ3n) is 11.0. The molecule has 2 aliphatic rings. The van der Waals surface area contributed by atoms with Crippen LogP contribution in [0.4, 0.5) is 0 Å². The quantitative estimate of drug-likeness (QED) is 0.176. The zero-order valence-electron chi connectivity index (χ0n) is 25.3. The van der Waals surface area contributed by atoms with Crippen molar-refractivity contribution in [2.45, 2.75) is 12.3 Å². The summed E-state index contributed by atoms with van der Waals surface area (Å²) in [5, 5.41) is 11.6. The number of rotatable bonds is 1. The molecule has 0 radical (unpaired) electrons. The minimum Gasteiger partial charge on any atom is -0.247 e. The molecule has 2 aliphatic carbocycles. The van der Waals surface area contributed by atoms with Gasteiger partial charge in [-0.15, -0.1) is 0 Å². The fraction of sp³-hybridized carbons (Fsp3) is 0.0444. The Balaban J connectivity index is 1.35. The molecular formula is C45H27N. The minimum atomic E-state index is -0.323. The van der Waals surface area contributed by atoms with Crippen molar-refractivity contribution in [3.05, 3.63) is 162 Å². The molecular weight excluding hydrogens is 555 g/mol. The second-order valence-corrected chi connectivity index (χ2v) is 13.1. The summed E-state index contributed by atoms with van der Waals surface area (Å²) >= 11 is 0. The van der Waals surface area contributed by atoms with E-state index < -0.39 is 0 Å². The van der Waals surface area contributed by atoms with Crippen LogP contribution in [0.25, 0.3) is 87.5 Å². The van der Waals surface area contributed by atoms with Crippen molar-refractivity contribution in [3.8, 4) is 33.5 Å². The summed E-state index contributed by atoms with van der Waals surface area (Å²) < 4.78 is 0. The summed E-state index contributed by atoms with van der Waals surface area (Å²) in [5.41, 5.74) is 12.4. The molecule has 1 aromatic heterocycles. The molecule has 212 valence electrons. The number of hydrogen-bond acceptors (Lipinski definition) is 1. The smallest absolute Gasteiger partial charge is 0.0763 e. The van der Waals surface area contributed by atoms with E-state index in [1.54, 1.807) is 0 Å². The van der Waals surface area contributed by atoms with Gasteiger partial charge in [0.15, 0.2) is 0 Å². The summed E-state index contributed by atoms with van der Waals surface area (Å²) in [7, 11) is 0. The predicted molar refractivity (Wildman–Crippen MR) is 194 cm³/mol. The fourth-order valence-corrected chi connectivity index (χ4v) is 9.07. The van der Waals surface area contributed by atoms with Crippen molar-refractivity contribution in [2.24, 2.45) is 0 Å². The highest BCUT2D eigenvalue weighted by Gasteiger charge is 2.48. The molecule has 1 atom stereocenters. The number of hydrogen-bond donors (Lipinski definition) is 0. The molecule has 0 saturated carbocycles. The van der Waals surface area contributed by atoms with E-state index >= 15 is 0 Å². The van der Waals surface area contributed by atoms with Gasteiger partial charge in [0, 0.05) is 21.9 Å². The number of aromatic nitrogens is 1. The fourth-order valence-electron chi connectivity index (χ4n) is 9.07. The molecule has 1 unspecified atom stereocenters. The highest BCUT2D eigenvalue weighted by Crippen LogP contribution is 2.62. The Bertz CT molecular complexity index is 2820. The molecule has 11 rings (SSSR count). The maximum atomic E-state index is 5.45. The van der Waals surface area contributed by atoms with Gasteiger partial charge in [-0.2, -0.15) is 0 Å². The van der Waals surface area contributed by atoms with Crippen LogP contribution in [0.15, 0.2) is 146 Å². The lowest BCUT2D eigenvalue weighted by atomic mass is 9.65. The van der Waals surface area contributed by atoms with Gasteiger partial charge >= 0.3 is 0 Å². The maximum Gasteiger partial charge on any atom is 0.0763 e. The first-order valence-corrected chi connectivity index (χ1v) is 16.1. The van der Waals surface area contributed by atoms with E-state index in [2.05, 4.69) is 153 Å². The number of benzene rings is 8. The Morgan fingerprint density at radius 3 is 2.00 bits per heavy atom. The topological polar surface area (TPSA) is 12.9 Å². The van der Waals surface area contributed by atoms with Crippen LogP contribution in [-0.2, 0) is 5.41 Å². The van der Waals surface area contributed by atoms with Crippen molar-refractivity contribution < 1.29 is 0 Å². The molecule has 9 aromatic rings. The van der Waals surface area contributed by atoms with Crippen LogP contribution in [0.1, 0.15) is 23.6 Å². The van der Waals surface area contributed by atoms with Gasteiger partial charge in [0.1, 0.15) is 0 Å². The lowest BCUT2D eigenvalue weighted by molar-refractivity contribution is 0.718. The van der Waals surface area contributed by atoms with Crippen LogP contribution in [0.3, 0.4) is 0 Å². The summed E-state index contributed by atoms with van der Waals surface area (Å²) in [5.74, 6) is 0. The summed E-state index contributed by atoms with van der Waals surface area (Å²) in [6.45, 7) is 2.44. The molecule has 0 amide bonds. The van der Waals surface area contributed by atoms with Crippen molar-refractivity contribution >= 4 is 54.0 Å². The van der Waals surface area contributed by atoms with Gasteiger partial charge in [0.05, 0.1) is 11.2 Å². The Morgan fingerprint density at radius 1 is 0.435 bits per heavy atom. The lowest BCUT2D eigenvalue weighted by Gasteiger charge is -2.36. The second-order valence-electron chi connectivity index (χ2n) is 13.1. The highest BCUT2D eigenvalue weighted by atomic mass is 14.7. The Kier molecular flexibility index (Phi) is 4.52. The van der Waals surface area contributed by atoms with Gasteiger partial charge < -0.3 is 0 Å². The second kappa shape index (κ2) is 8.47. The van der Waals surface area contributed by atoms with Crippen molar-refractivity contribution in [1.82, 2.24) is 4.98 Å². The molecule has 8 aromatic carbocycles. The van der Waals surface area contributed by atoms with Crippen molar-refractivity contribution in [3.63, 3.8) is 0 Å². The van der Waals surface area contributed by atoms with Gasteiger partial charge in [-0.3, -0.25) is 0 Å². The first-order valence-electron chi connectivity index (χ1n) is 16.1. The molecule has 0 fully saturated rings. The van der Waals surface area contributed by atoms with Crippen LogP contribution in [0.2, 0.25) is 0 Å². The minimum absolute atomic E-state index is 0.323. The van der Waals surface area contributed by atoms with Gasteiger partial charge in [0.2, 0.25) is 0 Å². The SMILES string of the molecule is CC12c3ccccc3-c3nc4ccc5ccccc5c4c(c31)-c1ccc(-c3cc4ccccc4c4ccccc34)c3cccc2c13. The van der Waals surface area contributed by atoms with Gasteiger partial charge in [0.25, 0.3) is 0 Å². The monoisotopic (exact) mass is 581 g/mol. The zero-order valence-corrected chi connectivity index (χ0v) is 25.3. The van der Waals surface area contributed by atoms with E-state index in [1.165, 1.54) is 93.0 Å². The molecule has 0 saturated heterocycles. The van der Waals surface area contributed by atoms with Crippen LogP contribution in [0, 0.1) is 0 Å². The van der Waals surface area contributed by atoms with Crippen LogP contribution in [-0.4, -0.2) is 4.98 Å². The van der Waals surface area contributed by atoms with Gasteiger partial charge in [-0.25, -0.2) is 4.98 Å². The van der Waals surface area contributed by atoms with Crippen molar-refractivity contribution in [2.75, 3.05) is 0 Å². The van der Waals surface area contributed by atoms with E-state index in [-0.39, 0.29) is 5.41 Å². The average Bonchev–Trinajstić information content (AvgIpc) is 3.38. The first kappa shape index (κ1) is 24.5. The average molecular weight is 582 g/mol. The van der Waals surface area contributed by atoms with E-state index in [1.807, 2.05) is 0 Å². The standard InChI is InChI=1S/C45H27N/c1-45-37-19-9-8-17-34(37)44-43(45)42(41-29-14-5-2-11-26(29)21-24-39(41)46-44)35-23-22-32(33-18-10-20-38(45)40(33)35)36-25-27-12-3-4-13-28(27)30-15-6-7-16-31(30)36/h2-25H,1H3. The van der Waals surface area contributed by atoms with E-state index in [9.17, 15) is 0 Å². The third kappa shape index (κ3) is 2.85. The maximum absolute atomic E-state index is 5.45. The summed E-state index contributed by atoms with van der Waals surface area (Å²) in [4.78, 5) is 5.45. The molecule has 0 N–H and O–H groups in total. The van der Waals surface area contributed by atoms with Gasteiger partial charge in [-0.1, -0.05) is 133 Å². The largest absolute Gasteiger partial charge is 0.247 e. The number of fused-ring (bicyclic) bond motifs is 12. The highest BCUT2D eigenvalue weighted by molar-refractivity contribution is 6.23. The Morgan fingerprint density at radius 2 is 1.11 bits per heavy atom. The van der Waals surface area contributed by atoms with E-state index in [4.69, 9.17) is 4.98 Å². The number of nitrogens with zero attached hydrogens (tertiary/aromatic N) is 1. The normalized spacial score (nSPS) is 16.0. The molecule has 46 heavy (non-hydrogen) atoms. The molecule has 1 heteroatoms. The third-order valence-corrected chi connectivity index (χ3v) is 11.0. The molecule has 0 bridgehead atoms. The molecule has 1 nitrogen and oxygen atoms in total. The van der Waals surface area contributed by atoms with Gasteiger partial charge in [-0.05, 0) is 95.5 Å². The summed E-state index contributed by atoms with van der Waals surface area (Å²) in [6, 6.07) is 54.0. The van der Waals surface area contributed by atoms with Crippen LogP contribution in [0.5, 0.6) is 0 Å². The van der Waals surface area contributed by atoms with Crippen molar-refractivity contribution in [1.29, 1.82) is 0 Å². The summed E-state index contributed by atoms with van der Waals surface area (Å²) in [6.07, 6.45) is 0. The Labute approximate surface area is 266 Å². The predicted octanol–water partition coefficient (Wildman–Crippen LogP) is 11.8.